The Balaban J connectivity index is 1.94. The third kappa shape index (κ3) is 4.54. The third-order valence-corrected chi connectivity index (χ3v) is 5.20. The SMILES string of the molecule is COC(=O)C1=C(C)N(C)C(=NCc2ccc(OC)cc2)NC1c1ccc(Cl)cc1. The number of carbonyl (C=O) groups is 1. The Labute approximate surface area is 175 Å². The van der Waals surface area contributed by atoms with Gasteiger partial charge in [0.1, 0.15) is 5.75 Å². The van der Waals surface area contributed by atoms with Gasteiger partial charge >= 0.3 is 5.97 Å². The van der Waals surface area contributed by atoms with Crippen LogP contribution in [0.2, 0.25) is 5.02 Å². The number of rotatable bonds is 5. The lowest BCUT2D eigenvalue weighted by atomic mass is 9.95. The van der Waals surface area contributed by atoms with Crippen LogP contribution in [0.4, 0.5) is 0 Å². The fraction of sp³-hybridized carbons (Fsp3) is 0.273. The van der Waals surface area contributed by atoms with Crippen molar-refractivity contribution in [3.8, 4) is 5.75 Å². The molecule has 7 heteroatoms. The number of aliphatic imine (C=N–C) groups is 1. The minimum Gasteiger partial charge on any atom is -0.497 e. The van der Waals surface area contributed by atoms with Crippen LogP contribution in [0.25, 0.3) is 0 Å². The molecule has 2 aromatic carbocycles. The van der Waals surface area contributed by atoms with Crippen LogP contribution in [0.3, 0.4) is 0 Å². The number of ether oxygens (including phenoxy) is 2. The maximum absolute atomic E-state index is 12.5. The monoisotopic (exact) mass is 413 g/mol. The van der Waals surface area contributed by atoms with Crippen molar-refractivity contribution >= 4 is 23.5 Å². The minimum absolute atomic E-state index is 0.379. The van der Waals surface area contributed by atoms with Gasteiger partial charge in [-0.1, -0.05) is 35.9 Å². The molecule has 6 nitrogen and oxygen atoms in total. The summed E-state index contributed by atoms with van der Waals surface area (Å²) in [5.41, 5.74) is 3.28. The average molecular weight is 414 g/mol. The van der Waals surface area contributed by atoms with Crippen molar-refractivity contribution in [2.24, 2.45) is 4.99 Å². The highest BCUT2D eigenvalue weighted by molar-refractivity contribution is 6.30. The Morgan fingerprint density at radius 3 is 2.38 bits per heavy atom. The summed E-state index contributed by atoms with van der Waals surface area (Å²) < 4.78 is 10.2. The van der Waals surface area contributed by atoms with Crippen molar-refractivity contribution in [2.45, 2.75) is 19.5 Å². The molecule has 152 valence electrons. The Hall–Kier alpha value is -2.99. The maximum Gasteiger partial charge on any atom is 0.337 e. The van der Waals surface area contributed by atoms with Crippen molar-refractivity contribution in [1.82, 2.24) is 10.2 Å². The molecular weight excluding hydrogens is 390 g/mol. The van der Waals surface area contributed by atoms with Crippen LogP contribution in [0.15, 0.2) is 64.8 Å². The van der Waals surface area contributed by atoms with E-state index in [2.05, 4.69) is 5.32 Å². The molecule has 0 saturated carbocycles. The summed E-state index contributed by atoms with van der Waals surface area (Å²) in [6.07, 6.45) is 0. The zero-order valence-corrected chi connectivity index (χ0v) is 17.7. The summed E-state index contributed by atoms with van der Waals surface area (Å²) in [5, 5.41) is 4.01. The first kappa shape index (κ1) is 20.7. The molecule has 1 atom stereocenters. The highest BCUT2D eigenvalue weighted by Crippen LogP contribution is 2.31. The Bertz CT molecular complexity index is 937. The second-order valence-corrected chi connectivity index (χ2v) is 7.10. The standard InChI is InChI=1S/C22H24ClN3O3/c1-14-19(21(27)29-4)20(16-7-9-17(23)10-8-16)25-22(26(14)2)24-13-15-5-11-18(28-3)12-6-15/h5-12,20H,13H2,1-4H3,(H,24,25). The fourth-order valence-corrected chi connectivity index (χ4v) is 3.30. The molecule has 1 aliphatic rings. The van der Waals surface area contributed by atoms with Crippen LogP contribution in [-0.2, 0) is 16.1 Å². The van der Waals surface area contributed by atoms with Crippen molar-refractivity contribution < 1.29 is 14.3 Å². The lowest BCUT2D eigenvalue weighted by Crippen LogP contribution is -2.47. The lowest BCUT2D eigenvalue weighted by Gasteiger charge is -2.36. The molecule has 1 N–H and O–H groups in total. The third-order valence-electron chi connectivity index (χ3n) is 4.95. The smallest absolute Gasteiger partial charge is 0.337 e. The maximum atomic E-state index is 12.5. The van der Waals surface area contributed by atoms with Crippen LogP contribution >= 0.6 is 11.6 Å². The molecule has 0 spiro atoms. The highest BCUT2D eigenvalue weighted by atomic mass is 35.5. The molecule has 2 aromatic rings. The first-order valence-corrected chi connectivity index (χ1v) is 9.54. The number of carbonyl (C=O) groups excluding carboxylic acids is 1. The van der Waals surface area contributed by atoms with Gasteiger partial charge in [0.05, 0.1) is 32.4 Å². The molecule has 0 bridgehead atoms. The summed E-state index contributed by atoms with van der Waals surface area (Å²) in [5.74, 6) is 1.10. The predicted molar refractivity (Wildman–Crippen MR) is 114 cm³/mol. The summed E-state index contributed by atoms with van der Waals surface area (Å²) in [6, 6.07) is 14.8. The number of guanidine groups is 1. The molecule has 0 amide bonds. The van der Waals surface area contributed by atoms with Gasteiger partial charge in [0.15, 0.2) is 5.96 Å². The summed E-state index contributed by atoms with van der Waals surface area (Å²) in [7, 11) is 4.89. The zero-order valence-electron chi connectivity index (χ0n) is 16.9. The van der Waals surface area contributed by atoms with E-state index in [4.69, 9.17) is 26.1 Å². The minimum atomic E-state index is -0.384. The van der Waals surface area contributed by atoms with E-state index < -0.39 is 0 Å². The van der Waals surface area contributed by atoms with Gasteiger partial charge in [0.2, 0.25) is 0 Å². The van der Waals surface area contributed by atoms with E-state index in [1.54, 1.807) is 19.2 Å². The van der Waals surface area contributed by atoms with E-state index in [-0.39, 0.29) is 12.0 Å². The molecule has 3 rings (SSSR count). The first-order valence-electron chi connectivity index (χ1n) is 9.16. The van der Waals surface area contributed by atoms with Gasteiger partial charge in [-0.05, 0) is 42.3 Å². The van der Waals surface area contributed by atoms with E-state index in [0.29, 0.717) is 23.1 Å². The van der Waals surface area contributed by atoms with E-state index in [0.717, 1.165) is 22.6 Å². The van der Waals surface area contributed by atoms with Crippen molar-refractivity contribution in [1.29, 1.82) is 0 Å². The molecular formula is C22H24ClN3O3. The van der Waals surface area contributed by atoms with E-state index >= 15 is 0 Å². The zero-order chi connectivity index (χ0) is 21.0. The molecule has 1 unspecified atom stereocenters. The lowest BCUT2D eigenvalue weighted by molar-refractivity contribution is -0.136. The Morgan fingerprint density at radius 1 is 1.14 bits per heavy atom. The number of methoxy groups -OCH3 is 2. The molecule has 0 aliphatic carbocycles. The number of halogens is 1. The number of benzene rings is 2. The number of nitrogens with zero attached hydrogens (tertiary/aromatic N) is 2. The predicted octanol–water partition coefficient (Wildman–Crippen LogP) is 3.93. The van der Waals surface area contributed by atoms with Gasteiger partial charge in [-0.15, -0.1) is 0 Å². The van der Waals surface area contributed by atoms with Crippen molar-refractivity contribution in [3.63, 3.8) is 0 Å². The van der Waals surface area contributed by atoms with E-state index in [9.17, 15) is 4.79 Å². The molecule has 1 heterocycles. The summed E-state index contributed by atoms with van der Waals surface area (Å²) in [4.78, 5) is 19.1. The van der Waals surface area contributed by atoms with Crippen LogP contribution in [-0.4, -0.2) is 38.1 Å². The van der Waals surface area contributed by atoms with Gasteiger partial charge in [-0.25, -0.2) is 9.79 Å². The Kier molecular flexibility index (Phi) is 6.44. The number of hydrogen-bond donors (Lipinski definition) is 1. The van der Waals surface area contributed by atoms with Gasteiger partial charge in [-0.3, -0.25) is 0 Å². The quantitative estimate of drug-likeness (QED) is 0.752. The van der Waals surface area contributed by atoms with Gasteiger partial charge in [-0.2, -0.15) is 0 Å². The Morgan fingerprint density at radius 2 is 1.79 bits per heavy atom. The molecule has 0 aromatic heterocycles. The van der Waals surface area contributed by atoms with Gasteiger partial charge in [0, 0.05) is 17.8 Å². The van der Waals surface area contributed by atoms with Gasteiger partial charge in [0.25, 0.3) is 0 Å². The van der Waals surface area contributed by atoms with E-state index in [1.807, 2.05) is 55.3 Å². The van der Waals surface area contributed by atoms with Crippen molar-refractivity contribution in [2.75, 3.05) is 21.3 Å². The molecule has 29 heavy (non-hydrogen) atoms. The van der Waals surface area contributed by atoms with Crippen LogP contribution in [0.5, 0.6) is 5.75 Å². The fourth-order valence-electron chi connectivity index (χ4n) is 3.18. The van der Waals surface area contributed by atoms with Crippen LogP contribution < -0.4 is 10.1 Å². The van der Waals surface area contributed by atoms with E-state index in [1.165, 1.54) is 7.11 Å². The first-order chi connectivity index (χ1) is 13.9. The van der Waals surface area contributed by atoms with Gasteiger partial charge < -0.3 is 19.7 Å². The number of allylic oxidation sites excluding steroid dienone is 1. The average Bonchev–Trinajstić information content (AvgIpc) is 2.75. The number of hydrogen-bond acceptors (Lipinski definition) is 4. The number of esters is 1. The molecule has 0 radical (unpaired) electrons. The largest absolute Gasteiger partial charge is 0.497 e. The molecule has 0 fully saturated rings. The second kappa shape index (κ2) is 9.01. The summed E-state index contributed by atoms with van der Waals surface area (Å²) in [6.45, 7) is 2.38. The molecule has 0 saturated heterocycles. The summed E-state index contributed by atoms with van der Waals surface area (Å²) >= 11 is 6.03. The highest BCUT2D eigenvalue weighted by Gasteiger charge is 2.33. The number of nitrogens with one attached hydrogen (secondary N) is 1. The van der Waals surface area contributed by atoms with Crippen LogP contribution in [0.1, 0.15) is 24.1 Å². The normalized spacial score (nSPS) is 17.9. The second-order valence-electron chi connectivity index (χ2n) is 6.67. The van der Waals surface area contributed by atoms with Crippen LogP contribution in [0, 0.1) is 0 Å². The van der Waals surface area contributed by atoms with Crippen molar-refractivity contribution in [3.05, 3.63) is 76.0 Å². The molecule has 1 aliphatic heterocycles. The topological polar surface area (TPSA) is 63.2 Å².